The van der Waals surface area contributed by atoms with Crippen LogP contribution in [0.15, 0.2) is 76.2 Å². The third-order valence-corrected chi connectivity index (χ3v) is 4.94. The molecule has 8 nitrogen and oxygen atoms in total. The fraction of sp³-hybridized carbons (Fsp3) is 0.0588. The Labute approximate surface area is 149 Å². The Balaban J connectivity index is 1.81. The standard InChI is InChI=1S/C17H15N3O5S/c21-20(22)17-9-2-1-8-16(17)19-13-5-3-7-15(11-13)26(23,24)18-12-14-6-4-10-25-14/h1-11,18-19H,12H2. The first-order chi connectivity index (χ1) is 12.5. The lowest BCUT2D eigenvalue weighted by molar-refractivity contribution is -0.383. The van der Waals surface area contributed by atoms with E-state index in [1.807, 2.05) is 0 Å². The van der Waals surface area contributed by atoms with E-state index in [0.29, 0.717) is 11.4 Å². The number of hydrogen-bond acceptors (Lipinski definition) is 6. The summed E-state index contributed by atoms with van der Waals surface area (Å²) in [6.45, 7) is 0.0249. The lowest BCUT2D eigenvalue weighted by Crippen LogP contribution is -2.23. The molecule has 3 rings (SSSR count). The zero-order chi connectivity index (χ0) is 18.6. The summed E-state index contributed by atoms with van der Waals surface area (Å²) < 4.78 is 32.4. The third kappa shape index (κ3) is 4.08. The summed E-state index contributed by atoms with van der Waals surface area (Å²) in [5, 5.41) is 14.0. The number of nitro groups is 1. The molecule has 0 unspecified atom stereocenters. The van der Waals surface area contributed by atoms with Gasteiger partial charge < -0.3 is 9.73 Å². The van der Waals surface area contributed by atoms with Gasteiger partial charge in [-0.05, 0) is 36.4 Å². The Morgan fingerprint density at radius 3 is 2.58 bits per heavy atom. The van der Waals surface area contributed by atoms with Crippen molar-refractivity contribution in [2.45, 2.75) is 11.4 Å². The number of anilines is 2. The van der Waals surface area contributed by atoms with Crippen molar-refractivity contribution < 1.29 is 17.8 Å². The van der Waals surface area contributed by atoms with E-state index in [2.05, 4.69) is 10.0 Å². The van der Waals surface area contributed by atoms with Crippen molar-refractivity contribution in [3.05, 3.63) is 82.8 Å². The van der Waals surface area contributed by atoms with Crippen LogP contribution in [-0.4, -0.2) is 13.3 Å². The molecule has 26 heavy (non-hydrogen) atoms. The number of hydrogen-bond donors (Lipinski definition) is 2. The molecule has 0 saturated heterocycles. The predicted molar refractivity (Wildman–Crippen MR) is 95.6 cm³/mol. The molecule has 1 heterocycles. The highest BCUT2D eigenvalue weighted by Crippen LogP contribution is 2.27. The normalized spacial score (nSPS) is 11.2. The molecular weight excluding hydrogens is 358 g/mol. The highest BCUT2D eigenvalue weighted by molar-refractivity contribution is 7.89. The van der Waals surface area contributed by atoms with Gasteiger partial charge in [0.1, 0.15) is 11.4 Å². The minimum atomic E-state index is -3.76. The van der Waals surface area contributed by atoms with Crippen LogP contribution >= 0.6 is 0 Å². The maximum Gasteiger partial charge on any atom is 0.292 e. The largest absolute Gasteiger partial charge is 0.468 e. The number of para-hydroxylation sites is 2. The predicted octanol–water partition coefficient (Wildman–Crippen LogP) is 3.41. The molecule has 0 aliphatic carbocycles. The second-order valence-corrected chi connectivity index (χ2v) is 7.10. The van der Waals surface area contributed by atoms with Gasteiger partial charge in [0, 0.05) is 11.8 Å². The van der Waals surface area contributed by atoms with E-state index in [4.69, 9.17) is 4.42 Å². The van der Waals surface area contributed by atoms with E-state index in [9.17, 15) is 18.5 Å². The third-order valence-electron chi connectivity index (χ3n) is 3.54. The van der Waals surface area contributed by atoms with Crippen molar-refractivity contribution in [1.82, 2.24) is 4.72 Å². The summed E-state index contributed by atoms with van der Waals surface area (Å²) in [4.78, 5) is 10.6. The van der Waals surface area contributed by atoms with Gasteiger partial charge in [0.2, 0.25) is 10.0 Å². The maximum atomic E-state index is 12.4. The van der Waals surface area contributed by atoms with E-state index in [0.717, 1.165) is 0 Å². The van der Waals surface area contributed by atoms with Gasteiger partial charge in [0.05, 0.1) is 22.6 Å². The zero-order valence-electron chi connectivity index (χ0n) is 13.5. The van der Waals surface area contributed by atoms with E-state index in [1.54, 1.807) is 42.5 Å². The highest BCUT2D eigenvalue weighted by atomic mass is 32.2. The van der Waals surface area contributed by atoms with E-state index in [1.165, 1.54) is 24.5 Å². The number of nitro benzene ring substituents is 1. The van der Waals surface area contributed by atoms with Gasteiger partial charge >= 0.3 is 0 Å². The number of nitrogens with zero attached hydrogens (tertiary/aromatic N) is 1. The Bertz CT molecular complexity index is 1020. The van der Waals surface area contributed by atoms with Crippen LogP contribution in [0.2, 0.25) is 0 Å². The molecule has 0 aliphatic rings. The minimum absolute atomic E-state index is 0.0249. The molecule has 0 fully saturated rings. The Kier molecular flexibility index (Phi) is 5.01. The molecule has 0 bridgehead atoms. The number of rotatable bonds is 7. The summed E-state index contributed by atoms with van der Waals surface area (Å²) >= 11 is 0. The van der Waals surface area contributed by atoms with Crippen LogP contribution in [0.5, 0.6) is 0 Å². The van der Waals surface area contributed by atoms with Crippen molar-refractivity contribution >= 4 is 27.1 Å². The molecule has 9 heteroatoms. The average Bonchev–Trinajstić information content (AvgIpc) is 3.14. The summed E-state index contributed by atoms with van der Waals surface area (Å²) in [6, 6.07) is 15.5. The van der Waals surface area contributed by atoms with Crippen molar-refractivity contribution in [2.24, 2.45) is 0 Å². The van der Waals surface area contributed by atoms with Crippen LogP contribution < -0.4 is 10.0 Å². The van der Waals surface area contributed by atoms with Crippen molar-refractivity contribution in [3.8, 4) is 0 Å². The number of furan rings is 1. The number of benzene rings is 2. The second kappa shape index (κ2) is 7.38. The SMILES string of the molecule is O=[N+]([O-])c1ccccc1Nc1cccc(S(=O)(=O)NCc2ccco2)c1. The Morgan fingerprint density at radius 2 is 1.85 bits per heavy atom. The van der Waals surface area contributed by atoms with Crippen LogP contribution in [-0.2, 0) is 16.6 Å². The fourth-order valence-corrected chi connectivity index (χ4v) is 3.34. The fourth-order valence-electron chi connectivity index (χ4n) is 2.30. The number of sulfonamides is 1. The Hall–Kier alpha value is -3.17. The highest BCUT2D eigenvalue weighted by Gasteiger charge is 2.16. The lowest BCUT2D eigenvalue weighted by atomic mass is 10.2. The summed E-state index contributed by atoms with van der Waals surface area (Å²) in [5.41, 5.74) is 0.590. The molecule has 2 aromatic carbocycles. The van der Waals surface area contributed by atoms with Gasteiger partial charge in [-0.1, -0.05) is 18.2 Å². The maximum absolute atomic E-state index is 12.4. The molecule has 2 N–H and O–H groups in total. The van der Waals surface area contributed by atoms with Gasteiger partial charge in [0.25, 0.3) is 5.69 Å². The van der Waals surface area contributed by atoms with E-state index < -0.39 is 14.9 Å². The monoisotopic (exact) mass is 373 g/mol. The van der Waals surface area contributed by atoms with Crippen LogP contribution in [0.1, 0.15) is 5.76 Å². The second-order valence-electron chi connectivity index (χ2n) is 5.33. The molecule has 0 spiro atoms. The first-order valence-corrected chi connectivity index (χ1v) is 9.06. The molecule has 0 saturated carbocycles. The van der Waals surface area contributed by atoms with Gasteiger partial charge in [-0.15, -0.1) is 0 Å². The Morgan fingerprint density at radius 1 is 1.04 bits per heavy atom. The summed E-state index contributed by atoms with van der Waals surface area (Å²) in [6.07, 6.45) is 1.46. The molecule has 134 valence electrons. The minimum Gasteiger partial charge on any atom is -0.468 e. The molecule has 0 atom stereocenters. The summed E-state index contributed by atoms with van der Waals surface area (Å²) in [7, 11) is -3.76. The van der Waals surface area contributed by atoms with Gasteiger partial charge in [-0.25, -0.2) is 13.1 Å². The lowest BCUT2D eigenvalue weighted by Gasteiger charge is -2.10. The molecular formula is C17H15N3O5S. The first-order valence-electron chi connectivity index (χ1n) is 7.58. The van der Waals surface area contributed by atoms with Crippen LogP contribution in [0, 0.1) is 10.1 Å². The van der Waals surface area contributed by atoms with Crippen LogP contribution in [0.3, 0.4) is 0 Å². The topological polar surface area (TPSA) is 114 Å². The molecule has 0 aliphatic heterocycles. The van der Waals surface area contributed by atoms with Crippen molar-refractivity contribution in [2.75, 3.05) is 5.32 Å². The van der Waals surface area contributed by atoms with Gasteiger partial charge in [-0.2, -0.15) is 0 Å². The first kappa shape index (κ1) is 17.6. The quantitative estimate of drug-likeness (QED) is 0.484. The average molecular weight is 373 g/mol. The molecule has 1 aromatic heterocycles. The van der Waals surface area contributed by atoms with Crippen molar-refractivity contribution in [3.63, 3.8) is 0 Å². The van der Waals surface area contributed by atoms with Crippen molar-refractivity contribution in [1.29, 1.82) is 0 Å². The smallest absolute Gasteiger partial charge is 0.292 e. The van der Waals surface area contributed by atoms with Gasteiger partial charge in [-0.3, -0.25) is 10.1 Å². The van der Waals surface area contributed by atoms with E-state index in [-0.39, 0.29) is 22.8 Å². The van der Waals surface area contributed by atoms with Crippen LogP contribution in [0.25, 0.3) is 0 Å². The molecule has 0 radical (unpaired) electrons. The molecule has 0 amide bonds. The van der Waals surface area contributed by atoms with E-state index >= 15 is 0 Å². The molecule has 3 aromatic rings. The zero-order valence-corrected chi connectivity index (χ0v) is 14.3. The number of nitrogens with one attached hydrogen (secondary N) is 2. The van der Waals surface area contributed by atoms with Crippen LogP contribution in [0.4, 0.5) is 17.1 Å². The van der Waals surface area contributed by atoms with Gasteiger partial charge in [0.15, 0.2) is 0 Å². The summed E-state index contributed by atoms with van der Waals surface area (Å²) in [5.74, 6) is 0.489.